The molecule has 3 N–H and O–H groups in total. The van der Waals surface area contributed by atoms with E-state index in [0.717, 1.165) is 36.1 Å². The van der Waals surface area contributed by atoms with Crippen LogP contribution in [0.2, 0.25) is 0 Å². The third kappa shape index (κ3) is 4.60. The Morgan fingerprint density at radius 1 is 1.40 bits per heavy atom. The number of nitrogens with one attached hydrogen (secondary N) is 1. The third-order valence-corrected chi connectivity index (χ3v) is 4.65. The zero-order valence-electron chi connectivity index (χ0n) is 15.0. The van der Waals surface area contributed by atoms with Gasteiger partial charge in [0.2, 0.25) is 0 Å². The molecule has 2 atom stereocenters. The quantitative estimate of drug-likeness (QED) is 0.715. The number of fused-ring (bicyclic) bond motifs is 1. The van der Waals surface area contributed by atoms with E-state index >= 15 is 0 Å². The van der Waals surface area contributed by atoms with Crippen LogP contribution in [-0.2, 0) is 11.2 Å². The SMILES string of the molecule is CC[C@@H](C)[C@@H](NC(=O)Oc1cccc2c1C(CC[NH2+]C)=CC2)C(=O)[O-]. The average Bonchev–Trinajstić information content (AvgIpc) is 3.01. The summed E-state index contributed by atoms with van der Waals surface area (Å²) in [5.41, 5.74) is 3.23. The molecule has 0 fully saturated rings. The van der Waals surface area contributed by atoms with E-state index < -0.39 is 18.1 Å². The van der Waals surface area contributed by atoms with Gasteiger partial charge >= 0.3 is 6.09 Å². The second-order valence-electron chi connectivity index (χ2n) is 6.39. The van der Waals surface area contributed by atoms with Crippen LogP contribution in [0.15, 0.2) is 24.3 Å². The Morgan fingerprint density at radius 2 is 2.16 bits per heavy atom. The van der Waals surface area contributed by atoms with Gasteiger partial charge in [0.1, 0.15) is 5.75 Å². The van der Waals surface area contributed by atoms with Crippen molar-refractivity contribution in [2.75, 3.05) is 13.6 Å². The molecule has 6 heteroatoms. The zero-order chi connectivity index (χ0) is 18.4. The van der Waals surface area contributed by atoms with Gasteiger partial charge in [0.15, 0.2) is 0 Å². The molecule has 0 unspecified atom stereocenters. The lowest BCUT2D eigenvalue weighted by molar-refractivity contribution is -0.625. The molecule has 25 heavy (non-hydrogen) atoms. The Hall–Kier alpha value is -2.34. The molecule has 0 heterocycles. The number of carboxylic acids is 1. The van der Waals surface area contributed by atoms with E-state index in [1.807, 2.05) is 26.1 Å². The third-order valence-electron chi connectivity index (χ3n) is 4.65. The smallest absolute Gasteiger partial charge is 0.413 e. The lowest BCUT2D eigenvalue weighted by Gasteiger charge is -2.25. The summed E-state index contributed by atoms with van der Waals surface area (Å²) in [5.74, 6) is -1.07. The standard InChI is InChI=1S/C19H26N2O4/c1-4-12(2)17(18(22)23)21-19(24)25-15-7-5-6-13-8-9-14(16(13)15)10-11-20-3/h5-7,9,12,17,20H,4,8,10-11H2,1-3H3,(H,21,24)(H,22,23)/t12-,17-/m1/s1. The number of carbonyl (C=O) groups is 2. The van der Waals surface area contributed by atoms with Crippen molar-refractivity contribution in [2.45, 2.75) is 39.2 Å². The van der Waals surface area contributed by atoms with E-state index in [9.17, 15) is 14.7 Å². The van der Waals surface area contributed by atoms with Crippen molar-refractivity contribution in [3.8, 4) is 5.75 Å². The second-order valence-corrected chi connectivity index (χ2v) is 6.39. The molecule has 0 spiro atoms. The van der Waals surface area contributed by atoms with Crippen molar-refractivity contribution >= 4 is 17.6 Å². The number of carbonyl (C=O) groups excluding carboxylic acids is 2. The monoisotopic (exact) mass is 346 g/mol. The number of quaternary nitrogens is 1. The number of benzene rings is 1. The summed E-state index contributed by atoms with van der Waals surface area (Å²) in [6.07, 6.45) is 3.71. The maximum absolute atomic E-state index is 12.2. The van der Waals surface area contributed by atoms with Crippen LogP contribution in [0.4, 0.5) is 4.79 Å². The highest BCUT2D eigenvalue weighted by Gasteiger charge is 2.23. The van der Waals surface area contributed by atoms with Gasteiger partial charge in [0, 0.05) is 12.0 Å². The van der Waals surface area contributed by atoms with Crippen molar-refractivity contribution in [2.24, 2.45) is 5.92 Å². The summed E-state index contributed by atoms with van der Waals surface area (Å²) in [6, 6.07) is 4.53. The van der Waals surface area contributed by atoms with Crippen molar-refractivity contribution in [3.63, 3.8) is 0 Å². The summed E-state index contributed by atoms with van der Waals surface area (Å²) in [6.45, 7) is 4.56. The van der Waals surface area contributed by atoms with Crippen LogP contribution in [0.1, 0.15) is 37.8 Å². The summed E-state index contributed by atoms with van der Waals surface area (Å²) in [5, 5.41) is 15.8. The molecule has 0 saturated carbocycles. The van der Waals surface area contributed by atoms with E-state index in [1.54, 1.807) is 13.0 Å². The number of allylic oxidation sites excluding steroid dienone is 1. The molecule has 1 aromatic rings. The van der Waals surface area contributed by atoms with E-state index in [4.69, 9.17) is 4.74 Å². The molecule has 1 aliphatic rings. The molecule has 136 valence electrons. The second kappa shape index (κ2) is 8.67. The topological polar surface area (TPSA) is 95.1 Å². The van der Waals surface area contributed by atoms with Gasteiger partial charge in [-0.3, -0.25) is 0 Å². The van der Waals surface area contributed by atoms with Crippen molar-refractivity contribution < 1.29 is 24.7 Å². The number of hydrogen-bond donors (Lipinski definition) is 2. The lowest BCUT2D eigenvalue weighted by Crippen LogP contribution is -2.79. The minimum absolute atomic E-state index is 0.241. The molecule has 0 radical (unpaired) electrons. The van der Waals surface area contributed by atoms with Crippen LogP contribution in [0.3, 0.4) is 0 Å². The Labute approximate surface area is 148 Å². The first-order valence-corrected chi connectivity index (χ1v) is 8.76. The van der Waals surface area contributed by atoms with Crippen LogP contribution >= 0.6 is 0 Å². The van der Waals surface area contributed by atoms with Crippen LogP contribution in [-0.4, -0.2) is 31.7 Å². The van der Waals surface area contributed by atoms with Gasteiger partial charge in [-0.25, -0.2) is 4.79 Å². The number of amides is 1. The predicted octanol–water partition coefficient (Wildman–Crippen LogP) is 0.462. The van der Waals surface area contributed by atoms with Gasteiger partial charge in [0.25, 0.3) is 0 Å². The van der Waals surface area contributed by atoms with Crippen LogP contribution in [0.25, 0.3) is 5.57 Å². The normalized spacial score (nSPS) is 15.1. The highest BCUT2D eigenvalue weighted by atomic mass is 16.6. The van der Waals surface area contributed by atoms with Gasteiger partial charge in [0.05, 0.1) is 25.6 Å². The first kappa shape index (κ1) is 19.0. The predicted molar refractivity (Wildman–Crippen MR) is 92.9 cm³/mol. The molecule has 0 aliphatic heterocycles. The van der Waals surface area contributed by atoms with Gasteiger partial charge in [-0.15, -0.1) is 0 Å². The van der Waals surface area contributed by atoms with Crippen LogP contribution in [0.5, 0.6) is 5.75 Å². The Morgan fingerprint density at radius 3 is 2.80 bits per heavy atom. The average molecular weight is 346 g/mol. The minimum atomic E-state index is -1.30. The largest absolute Gasteiger partial charge is 0.548 e. The fourth-order valence-electron chi connectivity index (χ4n) is 2.98. The summed E-state index contributed by atoms with van der Waals surface area (Å²) in [7, 11) is 2.02. The number of hydrogen-bond acceptors (Lipinski definition) is 4. The maximum Gasteiger partial charge on any atom is 0.413 e. The van der Waals surface area contributed by atoms with Crippen molar-refractivity contribution in [1.82, 2.24) is 5.32 Å². The molecular formula is C19H26N2O4. The minimum Gasteiger partial charge on any atom is -0.548 e. The summed E-state index contributed by atoms with van der Waals surface area (Å²) in [4.78, 5) is 23.5. The first-order valence-electron chi connectivity index (χ1n) is 8.76. The van der Waals surface area contributed by atoms with Gasteiger partial charge in [-0.05, 0) is 29.5 Å². The number of carboxylic acid groups (broad SMARTS) is 1. The highest BCUT2D eigenvalue weighted by molar-refractivity contribution is 5.83. The van der Waals surface area contributed by atoms with E-state index in [2.05, 4.69) is 16.7 Å². The van der Waals surface area contributed by atoms with Crippen molar-refractivity contribution in [1.29, 1.82) is 0 Å². The zero-order valence-corrected chi connectivity index (χ0v) is 15.0. The fourth-order valence-corrected chi connectivity index (χ4v) is 2.98. The van der Waals surface area contributed by atoms with E-state index in [-0.39, 0.29) is 5.92 Å². The number of aliphatic carboxylic acids is 1. The maximum atomic E-state index is 12.2. The lowest BCUT2D eigenvalue weighted by atomic mass is 10.00. The molecule has 6 nitrogen and oxygen atoms in total. The first-order chi connectivity index (χ1) is 12.0. The number of ether oxygens (including phenoxy) is 1. The highest BCUT2D eigenvalue weighted by Crippen LogP contribution is 2.36. The Balaban J connectivity index is 2.13. The molecule has 0 bridgehead atoms. The molecule has 1 amide bonds. The summed E-state index contributed by atoms with van der Waals surface area (Å²) < 4.78 is 5.45. The van der Waals surface area contributed by atoms with Gasteiger partial charge < -0.3 is 25.3 Å². The van der Waals surface area contributed by atoms with Crippen LogP contribution < -0.4 is 20.5 Å². The van der Waals surface area contributed by atoms with E-state index in [0.29, 0.717) is 12.2 Å². The molecule has 0 aromatic heterocycles. The summed E-state index contributed by atoms with van der Waals surface area (Å²) >= 11 is 0. The Bertz CT molecular complexity index is 669. The molecular weight excluding hydrogens is 320 g/mol. The molecule has 1 aliphatic carbocycles. The Kier molecular flexibility index (Phi) is 6.58. The molecule has 2 rings (SSSR count). The van der Waals surface area contributed by atoms with Crippen molar-refractivity contribution in [3.05, 3.63) is 35.4 Å². The van der Waals surface area contributed by atoms with Gasteiger partial charge in [-0.1, -0.05) is 38.5 Å². The molecule has 0 saturated heterocycles. The number of rotatable bonds is 8. The molecule has 1 aromatic carbocycles. The fraction of sp³-hybridized carbons (Fsp3) is 0.474. The van der Waals surface area contributed by atoms with Crippen LogP contribution in [0, 0.1) is 5.92 Å². The van der Waals surface area contributed by atoms with Gasteiger partial charge in [-0.2, -0.15) is 0 Å². The van der Waals surface area contributed by atoms with E-state index in [1.165, 1.54) is 0 Å². The number of nitrogens with two attached hydrogens (primary N) is 1.